The second-order valence-corrected chi connectivity index (χ2v) is 8.01. The summed E-state index contributed by atoms with van der Waals surface area (Å²) < 4.78 is 0. The topological polar surface area (TPSA) is 41.5 Å². The van der Waals surface area contributed by atoms with Crippen LogP contribution in [0.4, 0.5) is 0 Å². The molecule has 0 spiro atoms. The lowest BCUT2D eigenvalue weighted by Gasteiger charge is -2.24. The molecule has 1 aromatic rings. The van der Waals surface area contributed by atoms with Gasteiger partial charge < -0.3 is 5.32 Å². The highest BCUT2D eigenvalue weighted by atomic mass is 32.2. The molecule has 136 valence electrons. The highest BCUT2D eigenvalue weighted by molar-refractivity contribution is 8.17. The molecule has 0 aromatic heterocycles. The minimum absolute atomic E-state index is 0.0390. The van der Waals surface area contributed by atoms with Gasteiger partial charge in [-0.25, -0.2) is 0 Å². The Labute approximate surface area is 156 Å². The lowest BCUT2D eigenvalue weighted by atomic mass is 9.90. The predicted molar refractivity (Wildman–Crippen MR) is 109 cm³/mol. The van der Waals surface area contributed by atoms with Crippen molar-refractivity contribution in [2.75, 3.05) is 7.05 Å². The smallest absolute Gasteiger partial charge is 0.229 e. The van der Waals surface area contributed by atoms with Crippen LogP contribution in [-0.4, -0.2) is 18.0 Å². The van der Waals surface area contributed by atoms with Crippen molar-refractivity contribution in [1.82, 2.24) is 5.32 Å². The van der Waals surface area contributed by atoms with E-state index in [1.54, 1.807) is 11.8 Å². The molecule has 0 atom stereocenters. The van der Waals surface area contributed by atoms with Crippen LogP contribution in [0.15, 0.2) is 39.9 Å². The summed E-state index contributed by atoms with van der Waals surface area (Å²) in [7, 11) is 1.87. The van der Waals surface area contributed by atoms with Crippen LogP contribution in [0.5, 0.6) is 0 Å². The standard InChI is InChI=1S/C21H30N2OS/c1-15(2)20(25-21(22-4)17-11-6-5-7-12-17)23-19(24)14-18-13-9-8-10-16(18)3/h8-10,13,17H,5-7,11-12,14H2,1-4H3,(H,23,24)/b22-21-. The quantitative estimate of drug-likeness (QED) is 0.577. The highest BCUT2D eigenvalue weighted by Gasteiger charge is 2.21. The predicted octanol–water partition coefficient (Wildman–Crippen LogP) is 5.25. The minimum Gasteiger partial charge on any atom is -0.320 e. The third kappa shape index (κ3) is 6.03. The van der Waals surface area contributed by atoms with E-state index >= 15 is 0 Å². The molecule has 3 nitrogen and oxygen atoms in total. The van der Waals surface area contributed by atoms with Gasteiger partial charge in [-0.2, -0.15) is 0 Å². The number of aryl methyl sites for hydroxylation is 1. The minimum atomic E-state index is 0.0390. The molecule has 0 radical (unpaired) electrons. The number of hydrogen-bond acceptors (Lipinski definition) is 3. The fourth-order valence-electron chi connectivity index (χ4n) is 3.17. The van der Waals surface area contributed by atoms with E-state index < -0.39 is 0 Å². The first-order valence-electron chi connectivity index (χ1n) is 9.17. The highest BCUT2D eigenvalue weighted by Crippen LogP contribution is 2.32. The lowest BCUT2D eigenvalue weighted by Crippen LogP contribution is -2.26. The van der Waals surface area contributed by atoms with E-state index in [2.05, 4.69) is 10.3 Å². The van der Waals surface area contributed by atoms with Crippen molar-refractivity contribution in [3.8, 4) is 0 Å². The van der Waals surface area contributed by atoms with Crippen LogP contribution in [0.25, 0.3) is 0 Å². The summed E-state index contributed by atoms with van der Waals surface area (Å²) >= 11 is 1.65. The average Bonchev–Trinajstić information content (AvgIpc) is 2.61. The summed E-state index contributed by atoms with van der Waals surface area (Å²) in [6.07, 6.45) is 6.74. The maximum absolute atomic E-state index is 12.5. The Balaban J connectivity index is 2.02. The number of nitrogens with zero attached hydrogens (tertiary/aromatic N) is 1. The molecule has 2 rings (SSSR count). The van der Waals surface area contributed by atoms with Gasteiger partial charge in [-0.15, -0.1) is 0 Å². The summed E-state index contributed by atoms with van der Waals surface area (Å²) in [5, 5.41) is 5.21. The summed E-state index contributed by atoms with van der Waals surface area (Å²) in [5.41, 5.74) is 3.36. The largest absolute Gasteiger partial charge is 0.320 e. The molecule has 1 fully saturated rings. The van der Waals surface area contributed by atoms with E-state index in [-0.39, 0.29) is 5.91 Å². The van der Waals surface area contributed by atoms with Crippen molar-refractivity contribution >= 4 is 22.7 Å². The number of thioether (sulfide) groups is 1. The van der Waals surface area contributed by atoms with Crippen LogP contribution >= 0.6 is 11.8 Å². The van der Waals surface area contributed by atoms with E-state index in [1.807, 2.05) is 52.1 Å². The Bertz CT molecular complexity index is 654. The zero-order valence-corrected chi connectivity index (χ0v) is 16.7. The van der Waals surface area contributed by atoms with Gasteiger partial charge in [0.05, 0.1) is 16.5 Å². The Morgan fingerprint density at radius 3 is 2.48 bits per heavy atom. The van der Waals surface area contributed by atoms with Crippen molar-refractivity contribution in [1.29, 1.82) is 0 Å². The summed E-state index contributed by atoms with van der Waals surface area (Å²) in [6, 6.07) is 8.05. The Morgan fingerprint density at radius 2 is 1.88 bits per heavy atom. The number of allylic oxidation sites excluding steroid dienone is 1. The molecule has 0 aliphatic heterocycles. The molecule has 1 N–H and O–H groups in total. The van der Waals surface area contributed by atoms with Gasteiger partial charge in [0.25, 0.3) is 0 Å². The third-order valence-corrected chi connectivity index (χ3v) is 6.14. The molecular formula is C21H30N2OS. The maximum Gasteiger partial charge on any atom is 0.229 e. The number of carbonyl (C=O) groups excluding carboxylic acids is 1. The molecule has 1 aliphatic carbocycles. The zero-order chi connectivity index (χ0) is 18.2. The van der Waals surface area contributed by atoms with Gasteiger partial charge in [-0.05, 0) is 50.3 Å². The van der Waals surface area contributed by atoms with Gasteiger partial charge in [0, 0.05) is 13.0 Å². The molecule has 1 aromatic carbocycles. The zero-order valence-electron chi connectivity index (χ0n) is 15.9. The molecular weight excluding hydrogens is 328 g/mol. The monoisotopic (exact) mass is 358 g/mol. The van der Waals surface area contributed by atoms with Crippen molar-refractivity contribution in [3.05, 3.63) is 46.0 Å². The van der Waals surface area contributed by atoms with E-state index in [0.29, 0.717) is 12.3 Å². The molecule has 0 bridgehead atoms. The molecule has 4 heteroatoms. The molecule has 0 saturated heterocycles. The third-order valence-electron chi connectivity index (χ3n) is 4.70. The Hall–Kier alpha value is -1.55. The molecule has 25 heavy (non-hydrogen) atoms. The van der Waals surface area contributed by atoms with E-state index in [0.717, 1.165) is 26.8 Å². The maximum atomic E-state index is 12.5. The van der Waals surface area contributed by atoms with Gasteiger partial charge in [-0.1, -0.05) is 55.3 Å². The fraction of sp³-hybridized carbons (Fsp3) is 0.524. The fourth-order valence-corrected chi connectivity index (χ4v) is 4.24. The van der Waals surface area contributed by atoms with Crippen LogP contribution in [0.3, 0.4) is 0 Å². The molecule has 1 saturated carbocycles. The lowest BCUT2D eigenvalue weighted by molar-refractivity contribution is -0.119. The number of aliphatic imine (C=N–C) groups is 1. The van der Waals surface area contributed by atoms with E-state index in [9.17, 15) is 4.79 Å². The normalized spacial score (nSPS) is 15.8. The van der Waals surface area contributed by atoms with E-state index in [4.69, 9.17) is 0 Å². The average molecular weight is 359 g/mol. The van der Waals surface area contributed by atoms with Gasteiger partial charge >= 0.3 is 0 Å². The first-order chi connectivity index (χ1) is 12.0. The summed E-state index contributed by atoms with van der Waals surface area (Å²) in [5.74, 6) is 0.587. The van der Waals surface area contributed by atoms with Crippen molar-refractivity contribution in [2.24, 2.45) is 10.9 Å². The van der Waals surface area contributed by atoms with Gasteiger partial charge in [0.15, 0.2) is 0 Å². The van der Waals surface area contributed by atoms with Crippen molar-refractivity contribution < 1.29 is 4.79 Å². The van der Waals surface area contributed by atoms with Crippen molar-refractivity contribution in [2.45, 2.75) is 59.3 Å². The number of benzene rings is 1. The summed E-state index contributed by atoms with van der Waals surface area (Å²) in [6.45, 7) is 6.14. The number of amides is 1. The van der Waals surface area contributed by atoms with Crippen LogP contribution < -0.4 is 5.32 Å². The molecule has 1 aliphatic rings. The van der Waals surface area contributed by atoms with Crippen molar-refractivity contribution in [3.63, 3.8) is 0 Å². The molecule has 0 unspecified atom stereocenters. The van der Waals surface area contributed by atoms with Gasteiger partial charge in [0.1, 0.15) is 0 Å². The number of carbonyl (C=O) groups is 1. The number of nitrogens with one attached hydrogen (secondary N) is 1. The number of rotatable bonds is 5. The first kappa shape index (κ1) is 19.8. The van der Waals surface area contributed by atoms with Crippen LogP contribution in [0, 0.1) is 12.8 Å². The number of hydrogen-bond donors (Lipinski definition) is 1. The van der Waals surface area contributed by atoms with Crippen LogP contribution in [0.2, 0.25) is 0 Å². The second kappa shape index (κ2) is 9.81. The van der Waals surface area contributed by atoms with Gasteiger partial charge in [-0.3, -0.25) is 9.79 Å². The molecule has 0 heterocycles. The van der Waals surface area contributed by atoms with Crippen LogP contribution in [-0.2, 0) is 11.2 Å². The van der Waals surface area contributed by atoms with E-state index in [1.165, 1.54) is 32.1 Å². The first-order valence-corrected chi connectivity index (χ1v) is 9.99. The Morgan fingerprint density at radius 1 is 1.20 bits per heavy atom. The van der Waals surface area contributed by atoms with Crippen LogP contribution in [0.1, 0.15) is 57.1 Å². The second-order valence-electron chi connectivity index (χ2n) is 6.98. The Kier molecular flexibility index (Phi) is 7.76. The summed E-state index contributed by atoms with van der Waals surface area (Å²) in [4.78, 5) is 17.1. The SMILES string of the molecule is C/N=C(\SC(NC(=O)Cc1ccccc1C)=C(C)C)C1CCCCC1. The van der Waals surface area contributed by atoms with Gasteiger partial charge in [0.2, 0.25) is 5.91 Å². The molecule has 1 amide bonds.